The second-order valence-corrected chi connectivity index (χ2v) is 12.5. The Morgan fingerprint density at radius 3 is 1.93 bits per heavy atom. The number of sulfonamides is 1. The van der Waals surface area contributed by atoms with Crippen molar-refractivity contribution in [3.05, 3.63) is 96.1 Å². The van der Waals surface area contributed by atoms with E-state index < -0.39 is 28.2 Å². The van der Waals surface area contributed by atoms with E-state index in [1.165, 1.54) is 16.4 Å². The Labute approximate surface area is 238 Å². The van der Waals surface area contributed by atoms with E-state index in [1.807, 2.05) is 74.5 Å². The number of nitrogen functional groups attached to an aromatic ring is 1. The first kappa shape index (κ1) is 31.3. The predicted octanol–water partition coefficient (Wildman–Crippen LogP) is 3.72. The van der Waals surface area contributed by atoms with Crippen LogP contribution in [0, 0.1) is 5.92 Å². The Morgan fingerprint density at radius 2 is 1.43 bits per heavy atom. The van der Waals surface area contributed by atoms with Crippen LogP contribution in [0.4, 0.5) is 5.69 Å². The number of hydrogen-bond acceptors (Lipinski definition) is 6. The van der Waals surface area contributed by atoms with Gasteiger partial charge in [0.25, 0.3) is 0 Å². The SMILES string of the molecule is CC(C)CN(C(C)C(O)CCCNC(=O)C(N)C(c1ccccc1)c1ccccc1)S(=O)(=O)c1ccc(N)cc1. The lowest BCUT2D eigenvalue weighted by atomic mass is 9.85. The molecule has 3 unspecified atom stereocenters. The number of hydrogen-bond donors (Lipinski definition) is 4. The Hall–Kier alpha value is -3.24. The van der Waals surface area contributed by atoms with Gasteiger partial charge in [0.05, 0.1) is 17.0 Å². The third kappa shape index (κ3) is 8.14. The van der Waals surface area contributed by atoms with Gasteiger partial charge in [-0.3, -0.25) is 4.79 Å². The fourth-order valence-electron chi connectivity index (χ4n) is 4.77. The van der Waals surface area contributed by atoms with E-state index >= 15 is 0 Å². The maximum Gasteiger partial charge on any atom is 0.243 e. The lowest BCUT2D eigenvalue weighted by molar-refractivity contribution is -0.122. The number of rotatable bonds is 14. The summed E-state index contributed by atoms with van der Waals surface area (Å²) in [4.78, 5) is 13.2. The van der Waals surface area contributed by atoms with Crippen LogP contribution in [0.25, 0.3) is 0 Å². The number of aliphatic hydroxyl groups is 1. The van der Waals surface area contributed by atoms with E-state index in [2.05, 4.69) is 5.32 Å². The Bertz CT molecular complexity index is 1260. The lowest BCUT2D eigenvalue weighted by Gasteiger charge is -2.33. The molecule has 3 rings (SSSR count). The topological polar surface area (TPSA) is 139 Å². The second-order valence-electron chi connectivity index (χ2n) is 10.6. The molecule has 0 fully saturated rings. The zero-order valence-electron chi connectivity index (χ0n) is 23.5. The maximum absolute atomic E-state index is 13.4. The summed E-state index contributed by atoms with van der Waals surface area (Å²) in [6.07, 6.45) is -0.152. The van der Waals surface area contributed by atoms with Gasteiger partial charge >= 0.3 is 0 Å². The first-order valence-corrected chi connectivity index (χ1v) is 15.1. The molecule has 0 radical (unpaired) electrons. The smallest absolute Gasteiger partial charge is 0.243 e. The average Bonchev–Trinajstić information content (AvgIpc) is 2.94. The summed E-state index contributed by atoms with van der Waals surface area (Å²) in [5.41, 5.74) is 14.6. The molecule has 9 heteroatoms. The van der Waals surface area contributed by atoms with E-state index in [-0.39, 0.29) is 29.2 Å². The molecule has 0 aliphatic rings. The van der Waals surface area contributed by atoms with Crippen LogP contribution in [-0.4, -0.2) is 55.0 Å². The fraction of sp³-hybridized carbons (Fsp3) is 0.387. The number of nitrogens with two attached hydrogens (primary N) is 2. The van der Waals surface area contributed by atoms with Crippen LogP contribution in [0.1, 0.15) is 50.7 Å². The molecular weight excluding hydrogens is 524 g/mol. The number of carbonyl (C=O) groups is 1. The molecule has 6 N–H and O–H groups in total. The van der Waals surface area contributed by atoms with Crippen molar-refractivity contribution in [2.75, 3.05) is 18.8 Å². The summed E-state index contributed by atoms with van der Waals surface area (Å²) in [5.74, 6) is -0.537. The number of carbonyl (C=O) groups excluding carboxylic acids is 1. The van der Waals surface area contributed by atoms with Gasteiger partial charge < -0.3 is 21.9 Å². The number of nitrogens with zero attached hydrogens (tertiary/aromatic N) is 1. The lowest BCUT2D eigenvalue weighted by Crippen LogP contribution is -2.47. The molecule has 0 aromatic heterocycles. The van der Waals surface area contributed by atoms with Gasteiger partial charge in [0, 0.05) is 30.7 Å². The minimum absolute atomic E-state index is 0.0566. The number of anilines is 1. The summed E-state index contributed by atoms with van der Waals surface area (Å²) in [7, 11) is -3.84. The van der Waals surface area contributed by atoms with Crippen molar-refractivity contribution >= 4 is 21.6 Å². The highest BCUT2D eigenvalue weighted by Crippen LogP contribution is 2.27. The monoisotopic (exact) mass is 566 g/mol. The summed E-state index contributed by atoms with van der Waals surface area (Å²) >= 11 is 0. The number of aliphatic hydroxyl groups excluding tert-OH is 1. The molecular formula is C31H42N4O4S. The van der Waals surface area contributed by atoms with Crippen LogP contribution in [-0.2, 0) is 14.8 Å². The van der Waals surface area contributed by atoms with Gasteiger partial charge in [-0.1, -0.05) is 74.5 Å². The summed E-state index contributed by atoms with van der Waals surface area (Å²) in [5, 5.41) is 13.9. The van der Waals surface area contributed by atoms with Crippen LogP contribution in [0.2, 0.25) is 0 Å². The third-order valence-corrected chi connectivity index (χ3v) is 8.96. The minimum atomic E-state index is -3.84. The molecule has 3 aromatic carbocycles. The van der Waals surface area contributed by atoms with Crippen LogP contribution in [0.5, 0.6) is 0 Å². The van der Waals surface area contributed by atoms with E-state index in [0.717, 1.165) is 11.1 Å². The molecule has 3 aromatic rings. The minimum Gasteiger partial charge on any atom is -0.399 e. The quantitative estimate of drug-likeness (QED) is 0.173. The summed E-state index contributed by atoms with van der Waals surface area (Å²) in [6.45, 7) is 6.14. The summed E-state index contributed by atoms with van der Waals surface area (Å²) in [6, 6.07) is 24.0. The number of amides is 1. The van der Waals surface area contributed by atoms with Crippen molar-refractivity contribution in [2.24, 2.45) is 11.7 Å². The van der Waals surface area contributed by atoms with Gasteiger partial charge in [-0.25, -0.2) is 8.42 Å². The van der Waals surface area contributed by atoms with Crippen LogP contribution in [0.3, 0.4) is 0 Å². The molecule has 0 heterocycles. The van der Waals surface area contributed by atoms with E-state index in [0.29, 0.717) is 25.1 Å². The van der Waals surface area contributed by atoms with Crippen molar-refractivity contribution in [2.45, 2.75) is 62.6 Å². The van der Waals surface area contributed by atoms with Crippen molar-refractivity contribution in [1.29, 1.82) is 0 Å². The molecule has 3 atom stereocenters. The van der Waals surface area contributed by atoms with Gasteiger partial charge in [0.1, 0.15) is 0 Å². The molecule has 0 saturated carbocycles. The normalized spacial score (nSPS) is 14.3. The molecule has 0 aliphatic carbocycles. The van der Waals surface area contributed by atoms with Gasteiger partial charge in [-0.05, 0) is 61.1 Å². The number of benzene rings is 3. The molecule has 0 spiro atoms. The zero-order chi connectivity index (χ0) is 29.3. The highest BCUT2D eigenvalue weighted by molar-refractivity contribution is 7.89. The van der Waals surface area contributed by atoms with Crippen molar-refractivity contribution in [3.8, 4) is 0 Å². The van der Waals surface area contributed by atoms with Crippen LogP contribution < -0.4 is 16.8 Å². The van der Waals surface area contributed by atoms with Crippen LogP contribution >= 0.6 is 0 Å². The highest BCUT2D eigenvalue weighted by atomic mass is 32.2. The van der Waals surface area contributed by atoms with Gasteiger partial charge in [-0.2, -0.15) is 4.31 Å². The van der Waals surface area contributed by atoms with Gasteiger partial charge in [0.2, 0.25) is 15.9 Å². The molecule has 0 saturated heterocycles. The first-order valence-electron chi connectivity index (χ1n) is 13.7. The largest absolute Gasteiger partial charge is 0.399 e. The van der Waals surface area contributed by atoms with Crippen molar-refractivity contribution in [1.82, 2.24) is 9.62 Å². The Balaban J connectivity index is 1.61. The van der Waals surface area contributed by atoms with E-state index in [9.17, 15) is 18.3 Å². The molecule has 40 heavy (non-hydrogen) atoms. The second kappa shape index (κ2) is 14.4. The van der Waals surface area contributed by atoms with Crippen molar-refractivity contribution in [3.63, 3.8) is 0 Å². The van der Waals surface area contributed by atoms with Gasteiger partial charge in [0.15, 0.2) is 0 Å². The van der Waals surface area contributed by atoms with Gasteiger partial charge in [-0.15, -0.1) is 0 Å². The average molecular weight is 567 g/mol. The fourth-order valence-corrected chi connectivity index (χ4v) is 6.59. The number of nitrogens with one attached hydrogen (secondary N) is 1. The third-order valence-electron chi connectivity index (χ3n) is 7.00. The Kier molecular flexibility index (Phi) is 11.3. The maximum atomic E-state index is 13.4. The Morgan fingerprint density at radius 1 is 0.900 bits per heavy atom. The van der Waals surface area contributed by atoms with Crippen LogP contribution in [0.15, 0.2) is 89.8 Å². The highest BCUT2D eigenvalue weighted by Gasteiger charge is 2.33. The molecule has 8 nitrogen and oxygen atoms in total. The molecule has 0 bridgehead atoms. The molecule has 0 aliphatic heterocycles. The summed E-state index contributed by atoms with van der Waals surface area (Å²) < 4.78 is 28.2. The van der Waals surface area contributed by atoms with Crippen molar-refractivity contribution < 1.29 is 18.3 Å². The standard InChI is InChI=1S/C31H42N4O4S/c1-22(2)21-35(40(38,39)27-18-16-26(32)17-19-27)23(3)28(36)15-10-20-34-31(37)30(33)29(24-11-6-4-7-12-24)25-13-8-5-9-14-25/h4-9,11-14,16-19,22-23,28-30,36H,10,15,20-21,32-33H2,1-3H3,(H,34,37). The zero-order valence-corrected chi connectivity index (χ0v) is 24.3. The van der Waals surface area contributed by atoms with E-state index in [4.69, 9.17) is 11.5 Å². The predicted molar refractivity (Wildman–Crippen MR) is 160 cm³/mol. The molecule has 1 amide bonds. The van der Waals surface area contributed by atoms with E-state index in [1.54, 1.807) is 19.1 Å². The first-order chi connectivity index (χ1) is 19.0. The molecule has 216 valence electrons.